The fraction of sp³-hybridized carbons (Fsp3) is 0.158. The number of nitrogens with zero attached hydrogens (tertiary/aromatic N) is 3. The monoisotopic (exact) mass is 303 g/mol. The van der Waals surface area contributed by atoms with Crippen LogP contribution in [-0.2, 0) is 11.2 Å². The molecule has 0 unspecified atom stereocenters. The summed E-state index contributed by atoms with van der Waals surface area (Å²) in [6.07, 6.45) is 1.26. The topological polar surface area (TPSA) is 38.1 Å². The summed E-state index contributed by atoms with van der Waals surface area (Å²) >= 11 is 0. The van der Waals surface area contributed by atoms with E-state index in [-0.39, 0.29) is 5.91 Å². The van der Waals surface area contributed by atoms with Gasteiger partial charge < -0.3 is 0 Å². The molecule has 0 atom stereocenters. The number of hydrogen-bond acceptors (Lipinski definition) is 2. The second-order valence-corrected chi connectivity index (χ2v) is 5.70. The summed E-state index contributed by atoms with van der Waals surface area (Å²) in [5, 5.41) is 4.70. The second kappa shape index (κ2) is 5.39. The number of benzene rings is 2. The van der Waals surface area contributed by atoms with Crippen LogP contribution in [0.15, 0.2) is 60.7 Å². The van der Waals surface area contributed by atoms with Gasteiger partial charge in [-0.15, -0.1) is 0 Å². The number of carbonyl (C=O) groups excluding carboxylic acids is 1. The number of amides is 1. The van der Waals surface area contributed by atoms with Gasteiger partial charge in [-0.2, -0.15) is 5.10 Å². The van der Waals surface area contributed by atoms with Crippen LogP contribution in [0.1, 0.15) is 17.7 Å². The van der Waals surface area contributed by atoms with Crippen LogP contribution in [0.2, 0.25) is 0 Å². The SMILES string of the molecule is Cc1nn(-c2ccccc2)c2c1CCC(=O)N2c1ccccc1. The maximum Gasteiger partial charge on any atom is 0.233 e. The first-order chi connectivity index (χ1) is 11.3. The van der Waals surface area contributed by atoms with Gasteiger partial charge in [-0.25, -0.2) is 4.68 Å². The van der Waals surface area contributed by atoms with Gasteiger partial charge in [-0.1, -0.05) is 36.4 Å². The van der Waals surface area contributed by atoms with Gasteiger partial charge in [-0.05, 0) is 37.6 Å². The number of aromatic nitrogens is 2. The van der Waals surface area contributed by atoms with Crippen LogP contribution in [0.3, 0.4) is 0 Å². The molecule has 0 spiro atoms. The third-order valence-electron chi connectivity index (χ3n) is 4.22. The Morgan fingerprint density at radius 2 is 1.48 bits per heavy atom. The first kappa shape index (κ1) is 13.8. The number of hydrogen-bond donors (Lipinski definition) is 0. The van der Waals surface area contributed by atoms with E-state index in [0.29, 0.717) is 6.42 Å². The van der Waals surface area contributed by atoms with Crippen LogP contribution in [0.4, 0.5) is 11.5 Å². The van der Waals surface area contributed by atoms with Gasteiger partial charge in [0.2, 0.25) is 5.91 Å². The number of anilines is 2. The van der Waals surface area contributed by atoms with Crippen LogP contribution in [0, 0.1) is 6.92 Å². The lowest BCUT2D eigenvalue weighted by molar-refractivity contribution is -0.118. The molecule has 3 aromatic rings. The molecular formula is C19H17N3O. The van der Waals surface area contributed by atoms with E-state index in [9.17, 15) is 4.79 Å². The van der Waals surface area contributed by atoms with E-state index in [1.54, 1.807) is 4.90 Å². The lowest BCUT2D eigenvalue weighted by Gasteiger charge is -2.28. The van der Waals surface area contributed by atoms with E-state index < -0.39 is 0 Å². The molecule has 114 valence electrons. The number of fused-ring (bicyclic) bond motifs is 1. The van der Waals surface area contributed by atoms with Gasteiger partial charge in [-0.3, -0.25) is 9.69 Å². The average molecular weight is 303 g/mol. The highest BCUT2D eigenvalue weighted by Crippen LogP contribution is 2.37. The molecule has 0 aliphatic carbocycles. The summed E-state index contributed by atoms with van der Waals surface area (Å²) in [6.45, 7) is 2.01. The smallest absolute Gasteiger partial charge is 0.233 e. The van der Waals surface area contributed by atoms with Crippen molar-refractivity contribution in [2.75, 3.05) is 4.90 Å². The zero-order chi connectivity index (χ0) is 15.8. The highest BCUT2D eigenvalue weighted by Gasteiger charge is 2.31. The normalized spacial score (nSPS) is 14.0. The van der Waals surface area contributed by atoms with Crippen molar-refractivity contribution in [1.29, 1.82) is 0 Å². The highest BCUT2D eigenvalue weighted by molar-refractivity contribution is 6.02. The molecule has 1 aromatic heterocycles. The molecule has 0 radical (unpaired) electrons. The van der Waals surface area contributed by atoms with Crippen molar-refractivity contribution in [1.82, 2.24) is 9.78 Å². The van der Waals surface area contributed by atoms with E-state index >= 15 is 0 Å². The van der Waals surface area contributed by atoms with Crippen molar-refractivity contribution in [2.45, 2.75) is 19.8 Å². The zero-order valence-corrected chi connectivity index (χ0v) is 12.9. The summed E-state index contributed by atoms with van der Waals surface area (Å²) in [7, 11) is 0. The molecule has 2 aromatic carbocycles. The Balaban J connectivity index is 1.95. The Labute approximate surface area is 135 Å². The van der Waals surface area contributed by atoms with Crippen molar-refractivity contribution < 1.29 is 4.79 Å². The van der Waals surface area contributed by atoms with Crippen molar-refractivity contribution in [3.05, 3.63) is 71.9 Å². The third kappa shape index (κ3) is 2.23. The van der Waals surface area contributed by atoms with Gasteiger partial charge in [0.1, 0.15) is 5.82 Å². The first-order valence-electron chi connectivity index (χ1n) is 7.77. The fourth-order valence-electron chi connectivity index (χ4n) is 3.12. The number of carbonyl (C=O) groups is 1. The van der Waals surface area contributed by atoms with Gasteiger partial charge in [0.25, 0.3) is 0 Å². The number of para-hydroxylation sites is 2. The maximum absolute atomic E-state index is 12.6. The Bertz CT molecular complexity index is 853. The molecule has 23 heavy (non-hydrogen) atoms. The summed E-state index contributed by atoms with van der Waals surface area (Å²) < 4.78 is 1.88. The molecule has 4 rings (SSSR count). The predicted octanol–water partition coefficient (Wildman–Crippen LogP) is 3.79. The summed E-state index contributed by atoms with van der Waals surface area (Å²) in [5.74, 6) is 0.983. The second-order valence-electron chi connectivity index (χ2n) is 5.70. The third-order valence-corrected chi connectivity index (χ3v) is 4.22. The van der Waals surface area contributed by atoms with Crippen LogP contribution in [0.5, 0.6) is 0 Å². The minimum atomic E-state index is 0.112. The van der Waals surface area contributed by atoms with Crippen molar-refractivity contribution in [3.8, 4) is 5.69 Å². The molecule has 1 aliphatic rings. The van der Waals surface area contributed by atoms with E-state index in [0.717, 1.165) is 34.9 Å². The van der Waals surface area contributed by atoms with Crippen LogP contribution >= 0.6 is 0 Å². The molecule has 0 bridgehead atoms. The Hall–Kier alpha value is -2.88. The molecule has 2 heterocycles. The highest BCUT2D eigenvalue weighted by atomic mass is 16.2. The quantitative estimate of drug-likeness (QED) is 0.722. The van der Waals surface area contributed by atoms with Crippen LogP contribution < -0.4 is 4.90 Å². The largest absolute Gasteiger partial charge is 0.274 e. The van der Waals surface area contributed by atoms with E-state index in [1.165, 1.54) is 0 Å². The fourth-order valence-corrected chi connectivity index (χ4v) is 3.12. The van der Waals surface area contributed by atoms with Gasteiger partial charge in [0.05, 0.1) is 17.1 Å². The van der Waals surface area contributed by atoms with Crippen molar-refractivity contribution in [3.63, 3.8) is 0 Å². The molecule has 0 saturated carbocycles. The Morgan fingerprint density at radius 3 is 2.13 bits per heavy atom. The number of rotatable bonds is 2. The van der Waals surface area contributed by atoms with Crippen LogP contribution in [0.25, 0.3) is 5.69 Å². The molecule has 0 N–H and O–H groups in total. The van der Waals surface area contributed by atoms with Crippen LogP contribution in [-0.4, -0.2) is 15.7 Å². The number of aryl methyl sites for hydroxylation is 1. The van der Waals surface area contributed by atoms with E-state index in [1.807, 2.05) is 72.3 Å². The average Bonchev–Trinajstić information content (AvgIpc) is 2.93. The maximum atomic E-state index is 12.6. The van der Waals surface area contributed by atoms with Gasteiger partial charge in [0.15, 0.2) is 0 Å². The molecule has 1 aliphatic heterocycles. The molecular weight excluding hydrogens is 286 g/mol. The summed E-state index contributed by atoms with van der Waals surface area (Å²) in [4.78, 5) is 14.4. The summed E-state index contributed by atoms with van der Waals surface area (Å²) in [6, 6.07) is 19.7. The molecule has 4 heteroatoms. The van der Waals surface area contributed by atoms with Gasteiger partial charge >= 0.3 is 0 Å². The first-order valence-corrected chi connectivity index (χ1v) is 7.77. The minimum Gasteiger partial charge on any atom is -0.274 e. The van der Waals surface area contributed by atoms with Gasteiger partial charge in [0, 0.05) is 12.0 Å². The van der Waals surface area contributed by atoms with Crippen molar-refractivity contribution >= 4 is 17.4 Å². The molecule has 4 nitrogen and oxygen atoms in total. The predicted molar refractivity (Wildman–Crippen MR) is 90.2 cm³/mol. The Morgan fingerprint density at radius 1 is 0.870 bits per heavy atom. The lowest BCUT2D eigenvalue weighted by atomic mass is 10.0. The molecule has 0 saturated heterocycles. The zero-order valence-electron chi connectivity index (χ0n) is 12.9. The van der Waals surface area contributed by atoms with E-state index in [2.05, 4.69) is 0 Å². The standard InChI is InChI=1S/C19H17N3O/c1-14-17-12-13-18(23)21(15-8-4-2-5-9-15)19(17)22(20-14)16-10-6-3-7-11-16/h2-11H,12-13H2,1H3. The summed E-state index contributed by atoms with van der Waals surface area (Å²) in [5.41, 5.74) is 3.98. The lowest BCUT2D eigenvalue weighted by Crippen LogP contribution is -2.32. The minimum absolute atomic E-state index is 0.112. The molecule has 0 fully saturated rings. The molecule has 1 amide bonds. The van der Waals surface area contributed by atoms with Crippen molar-refractivity contribution in [2.24, 2.45) is 0 Å². The Kier molecular flexibility index (Phi) is 3.23. The van der Waals surface area contributed by atoms with E-state index in [4.69, 9.17) is 5.10 Å².